The molecule has 62 heavy (non-hydrogen) atoms. The lowest BCUT2D eigenvalue weighted by Crippen LogP contribution is -2.58. The number of aromatic nitrogens is 2. The Balaban J connectivity index is 1.06. The van der Waals surface area contributed by atoms with Crippen LogP contribution in [0.25, 0.3) is 33.5 Å². The number of hydrogen-bond acceptors (Lipinski definition) is 10. The maximum Gasteiger partial charge on any atom is 0.416 e. The summed E-state index contributed by atoms with van der Waals surface area (Å²) < 4.78 is 81.2. The van der Waals surface area contributed by atoms with Gasteiger partial charge in [-0.3, -0.25) is 19.1 Å². The van der Waals surface area contributed by atoms with Gasteiger partial charge < -0.3 is 29.6 Å². The number of nitrogens with one attached hydrogen (secondary N) is 3. The number of carbonyl (C=O) groups excluding carboxylic acids is 4. The number of fused-ring (bicyclic) bond motifs is 5. The molecular formula is C43H46F3N7O8S. The quantitative estimate of drug-likeness (QED) is 0.197. The number of rotatable bonds is 7. The number of urea groups is 1. The van der Waals surface area contributed by atoms with Crippen molar-refractivity contribution in [3.05, 3.63) is 66.2 Å². The number of carbonyl (C=O) groups is 4. The third-order valence-corrected chi connectivity index (χ3v) is 14.3. The van der Waals surface area contributed by atoms with Gasteiger partial charge in [0.25, 0.3) is 11.8 Å². The lowest BCUT2D eigenvalue weighted by atomic mass is 10.0. The number of benzene rings is 2. The average Bonchev–Trinajstić information content (AvgIpc) is 4.03. The Labute approximate surface area is 354 Å². The number of halogens is 3. The molecule has 5 amide bonds. The first-order valence-corrected chi connectivity index (χ1v) is 22.7. The molecule has 15 nitrogen and oxygen atoms in total. The van der Waals surface area contributed by atoms with Crippen molar-refractivity contribution in [3.63, 3.8) is 0 Å². The molecule has 2 aromatic heterocycles. The van der Waals surface area contributed by atoms with Crippen LogP contribution in [0.15, 0.2) is 65.1 Å². The van der Waals surface area contributed by atoms with Gasteiger partial charge in [-0.15, -0.1) is 0 Å². The van der Waals surface area contributed by atoms with Crippen molar-refractivity contribution in [2.75, 3.05) is 19.6 Å². The first-order chi connectivity index (χ1) is 29.7. The Morgan fingerprint density at radius 2 is 1.71 bits per heavy atom. The van der Waals surface area contributed by atoms with E-state index in [2.05, 4.69) is 25.3 Å². The van der Waals surface area contributed by atoms with Crippen molar-refractivity contribution in [1.82, 2.24) is 35.1 Å². The summed E-state index contributed by atoms with van der Waals surface area (Å²) >= 11 is 0. The molecule has 3 aliphatic heterocycles. The first-order valence-electron chi connectivity index (χ1n) is 21.1. The number of amides is 5. The van der Waals surface area contributed by atoms with Crippen molar-refractivity contribution >= 4 is 55.8 Å². The second-order valence-electron chi connectivity index (χ2n) is 16.9. The summed E-state index contributed by atoms with van der Waals surface area (Å²) in [5.74, 6) is -2.61. The van der Waals surface area contributed by atoms with Gasteiger partial charge in [0, 0.05) is 36.4 Å². The third-order valence-electron chi connectivity index (χ3n) is 12.5. The molecule has 328 valence electrons. The number of hydrogen-bond donors (Lipinski definition) is 3. The van der Waals surface area contributed by atoms with E-state index in [9.17, 15) is 40.8 Å². The predicted octanol–water partition coefficient (Wildman–Crippen LogP) is 5.59. The van der Waals surface area contributed by atoms with Gasteiger partial charge in [-0.25, -0.2) is 18.2 Å². The molecule has 5 atom stereocenters. The van der Waals surface area contributed by atoms with Gasteiger partial charge in [-0.1, -0.05) is 49.3 Å². The molecule has 2 saturated carbocycles. The van der Waals surface area contributed by atoms with Gasteiger partial charge in [-0.05, 0) is 75.6 Å². The van der Waals surface area contributed by atoms with E-state index in [1.807, 2.05) is 12.2 Å². The third kappa shape index (κ3) is 8.30. The van der Waals surface area contributed by atoms with Crippen LogP contribution < -0.4 is 20.1 Å². The molecule has 4 fully saturated rings. The summed E-state index contributed by atoms with van der Waals surface area (Å²) in [6.07, 6.45) is 3.90. The Morgan fingerprint density at radius 3 is 2.45 bits per heavy atom. The Bertz CT molecular complexity index is 2560. The lowest BCUT2D eigenvalue weighted by molar-refractivity contribution is -0.141. The summed E-state index contributed by atoms with van der Waals surface area (Å²) in [6, 6.07) is 8.76. The highest BCUT2D eigenvalue weighted by Gasteiger charge is 2.62. The summed E-state index contributed by atoms with van der Waals surface area (Å²) in [5.41, 5.74) is -1.27. The van der Waals surface area contributed by atoms with Crippen molar-refractivity contribution in [3.8, 4) is 17.3 Å². The normalized spacial score (nSPS) is 26.6. The smallest absolute Gasteiger partial charge is 0.416 e. The molecule has 5 aliphatic rings. The molecule has 4 aromatic rings. The summed E-state index contributed by atoms with van der Waals surface area (Å²) in [7, 11) is -3.96. The molecule has 0 spiro atoms. The van der Waals surface area contributed by atoms with Crippen LogP contribution >= 0.6 is 0 Å². The van der Waals surface area contributed by atoms with E-state index in [-0.39, 0.29) is 48.3 Å². The topological polar surface area (TPSA) is 193 Å². The number of allylic oxidation sites excluding steroid dienone is 1. The number of sulfonamides is 1. The minimum atomic E-state index is -4.56. The molecule has 3 N–H and O–H groups in total. The van der Waals surface area contributed by atoms with Crippen LogP contribution in [-0.2, 0) is 30.6 Å². The fourth-order valence-electron chi connectivity index (χ4n) is 8.75. The van der Waals surface area contributed by atoms with Crippen LogP contribution in [0.2, 0.25) is 0 Å². The van der Waals surface area contributed by atoms with Crippen LogP contribution in [0.1, 0.15) is 76.2 Å². The molecule has 0 radical (unpaired) electrons. The van der Waals surface area contributed by atoms with Gasteiger partial charge in [0.2, 0.25) is 27.4 Å². The number of para-hydroxylation sites is 1. The van der Waals surface area contributed by atoms with E-state index < -0.39 is 74.4 Å². The van der Waals surface area contributed by atoms with Crippen LogP contribution in [0, 0.1) is 5.92 Å². The Hall–Kier alpha value is -5.72. The van der Waals surface area contributed by atoms with Crippen molar-refractivity contribution in [1.29, 1.82) is 0 Å². The summed E-state index contributed by atoms with van der Waals surface area (Å²) in [6.45, 7) is 0.942. The van der Waals surface area contributed by atoms with Gasteiger partial charge in [0.1, 0.15) is 34.8 Å². The average molecular weight is 878 g/mol. The maximum atomic E-state index is 14.8. The van der Waals surface area contributed by atoms with E-state index in [1.54, 1.807) is 29.2 Å². The molecule has 19 heteroatoms. The predicted molar refractivity (Wildman–Crippen MR) is 219 cm³/mol. The fraction of sp³-hybridized carbons (Fsp3) is 0.488. The van der Waals surface area contributed by atoms with Gasteiger partial charge in [0.15, 0.2) is 5.82 Å². The highest BCUT2D eigenvalue weighted by atomic mass is 32.2. The Morgan fingerprint density at radius 1 is 0.952 bits per heavy atom. The minimum Gasteiger partial charge on any atom is -0.470 e. The standard InChI is InChI=1S/C43H46F3N7O8S/c44-43(45,46)26-16-14-25(15-17-26)36-48-34-30-11-6-7-13-33(30)61-35(34)38(49-36)60-28-22-32-37(54)50-42(40(56)51-62(58,59)29-18-19-29)23-27(42)10-4-2-1-3-5-12-31(39(55)53(32)24-28)47-41(57)52-20-8-9-21-52/h4,6-7,10-11,13-17,27-29,31-32H,1-3,5,8-9,12,18-24H2,(H,47,57)(H,50,54)(H,51,56)/b10-4-/t27-,28+,31-,32-,42+/m0/s1. The number of alkyl halides is 3. The van der Waals surface area contributed by atoms with Crippen LogP contribution in [0.4, 0.5) is 18.0 Å². The number of nitrogens with zero attached hydrogens (tertiary/aromatic N) is 4. The maximum absolute atomic E-state index is 14.8. The second-order valence-corrected chi connectivity index (χ2v) is 18.9. The molecule has 0 bridgehead atoms. The van der Waals surface area contributed by atoms with E-state index in [0.29, 0.717) is 61.7 Å². The molecule has 0 unspecified atom stereocenters. The van der Waals surface area contributed by atoms with Crippen LogP contribution in [0.3, 0.4) is 0 Å². The molecule has 9 rings (SSSR count). The first kappa shape index (κ1) is 41.6. The SMILES string of the molecule is O=C1N[C@]2(C(=O)NS(=O)(=O)C3CC3)C[C@@H]2/C=C\CCCCC[C@H](NC(=O)N2CCCC2)C(=O)N2C[C@H](Oc3nc(-c4ccc(C(F)(F)F)cc4)nc4c3oc3ccccc34)C[C@@H]12. The molecular weight excluding hydrogens is 832 g/mol. The minimum absolute atomic E-state index is 0.0427. The van der Waals surface area contributed by atoms with Crippen molar-refractivity contribution in [2.24, 2.45) is 5.92 Å². The molecule has 5 heterocycles. The van der Waals surface area contributed by atoms with Crippen LogP contribution in [-0.4, -0.2) is 101 Å². The highest BCUT2D eigenvalue weighted by molar-refractivity contribution is 7.91. The summed E-state index contributed by atoms with van der Waals surface area (Å²) in [5, 5.41) is 5.70. The Kier molecular flexibility index (Phi) is 10.9. The van der Waals surface area contributed by atoms with E-state index in [0.717, 1.165) is 37.8 Å². The molecule has 2 saturated heterocycles. The molecule has 2 aromatic carbocycles. The van der Waals surface area contributed by atoms with Crippen molar-refractivity contribution < 1.29 is 49.9 Å². The fourth-order valence-corrected chi connectivity index (χ4v) is 10.1. The highest BCUT2D eigenvalue weighted by Crippen LogP contribution is 2.46. The van der Waals surface area contributed by atoms with Crippen molar-refractivity contribution in [2.45, 2.75) is 106 Å². The zero-order valence-corrected chi connectivity index (χ0v) is 34.5. The summed E-state index contributed by atoms with van der Waals surface area (Å²) in [4.78, 5) is 68.9. The van der Waals surface area contributed by atoms with Gasteiger partial charge in [0.05, 0.1) is 17.4 Å². The van der Waals surface area contributed by atoms with E-state index in [4.69, 9.17) is 9.15 Å². The van der Waals surface area contributed by atoms with Gasteiger partial charge >= 0.3 is 12.2 Å². The zero-order chi connectivity index (χ0) is 43.4. The van der Waals surface area contributed by atoms with Gasteiger partial charge in [-0.2, -0.15) is 18.2 Å². The number of ether oxygens (including phenoxy) is 1. The number of furan rings is 1. The monoisotopic (exact) mass is 877 g/mol. The second kappa shape index (κ2) is 16.2. The zero-order valence-electron chi connectivity index (χ0n) is 33.7. The van der Waals surface area contributed by atoms with E-state index in [1.165, 1.54) is 17.0 Å². The largest absolute Gasteiger partial charge is 0.470 e. The van der Waals surface area contributed by atoms with E-state index >= 15 is 0 Å². The lowest BCUT2D eigenvalue weighted by Gasteiger charge is -2.30. The molecule has 2 aliphatic carbocycles. The van der Waals surface area contributed by atoms with Crippen LogP contribution in [0.5, 0.6) is 5.88 Å². The number of likely N-dealkylation sites (tertiary alicyclic amines) is 1.